The number of ether oxygens (including phenoxy) is 1. The maximum Gasteiger partial charge on any atom is 0.123 e. The molecule has 0 heterocycles. The normalized spacial score (nSPS) is 12.6. The molecule has 1 atom stereocenters. The van der Waals surface area contributed by atoms with Crippen LogP contribution >= 0.6 is 0 Å². The molecule has 1 aromatic carbocycles. The van der Waals surface area contributed by atoms with Crippen molar-refractivity contribution < 1.29 is 9.13 Å². The molecular formula is C10H15FN2O. The second-order valence-corrected chi connectivity index (χ2v) is 3.01. The van der Waals surface area contributed by atoms with Crippen LogP contribution in [0.2, 0.25) is 0 Å². The molecule has 0 spiro atoms. The van der Waals surface area contributed by atoms with Crippen LogP contribution in [-0.4, -0.2) is 7.11 Å². The summed E-state index contributed by atoms with van der Waals surface area (Å²) in [7, 11) is 1.56. The van der Waals surface area contributed by atoms with Gasteiger partial charge in [0.2, 0.25) is 0 Å². The Balaban J connectivity index is 3.08. The zero-order valence-electron chi connectivity index (χ0n) is 8.38. The van der Waals surface area contributed by atoms with Gasteiger partial charge in [0.25, 0.3) is 0 Å². The number of hydrogen-bond donors (Lipinski definition) is 2. The van der Waals surface area contributed by atoms with Gasteiger partial charge < -0.3 is 4.74 Å². The van der Waals surface area contributed by atoms with E-state index in [9.17, 15) is 4.39 Å². The van der Waals surface area contributed by atoms with Gasteiger partial charge in [-0.1, -0.05) is 6.92 Å². The molecule has 0 bridgehead atoms. The Kier molecular flexibility index (Phi) is 3.85. The first-order valence-corrected chi connectivity index (χ1v) is 4.52. The van der Waals surface area contributed by atoms with Crippen molar-refractivity contribution in [2.24, 2.45) is 5.84 Å². The summed E-state index contributed by atoms with van der Waals surface area (Å²) in [6.07, 6.45) is 0.774. The van der Waals surface area contributed by atoms with Crippen molar-refractivity contribution in [1.29, 1.82) is 0 Å². The smallest absolute Gasteiger partial charge is 0.123 e. The summed E-state index contributed by atoms with van der Waals surface area (Å²) in [5.41, 5.74) is 3.37. The number of hydrazine groups is 1. The molecule has 0 saturated carbocycles. The van der Waals surface area contributed by atoms with Crippen LogP contribution in [0, 0.1) is 5.82 Å². The third kappa shape index (κ3) is 2.21. The van der Waals surface area contributed by atoms with Gasteiger partial charge in [-0.3, -0.25) is 11.3 Å². The van der Waals surface area contributed by atoms with E-state index in [2.05, 4.69) is 5.43 Å². The Hall–Kier alpha value is -1.13. The molecular weight excluding hydrogens is 183 g/mol. The molecule has 0 aliphatic carbocycles. The zero-order valence-corrected chi connectivity index (χ0v) is 8.38. The van der Waals surface area contributed by atoms with Gasteiger partial charge in [0, 0.05) is 11.6 Å². The second-order valence-electron chi connectivity index (χ2n) is 3.01. The average molecular weight is 198 g/mol. The summed E-state index contributed by atoms with van der Waals surface area (Å²) < 4.78 is 18.1. The van der Waals surface area contributed by atoms with E-state index in [0.29, 0.717) is 5.75 Å². The second kappa shape index (κ2) is 4.93. The molecule has 0 radical (unpaired) electrons. The molecule has 1 unspecified atom stereocenters. The summed E-state index contributed by atoms with van der Waals surface area (Å²) in [5, 5.41) is 0. The molecule has 14 heavy (non-hydrogen) atoms. The van der Waals surface area contributed by atoms with E-state index in [0.717, 1.165) is 12.0 Å². The van der Waals surface area contributed by atoms with E-state index >= 15 is 0 Å². The first kappa shape index (κ1) is 10.9. The van der Waals surface area contributed by atoms with Crippen LogP contribution in [0.25, 0.3) is 0 Å². The van der Waals surface area contributed by atoms with Gasteiger partial charge in [-0.2, -0.15) is 0 Å². The van der Waals surface area contributed by atoms with Crippen LogP contribution in [0.1, 0.15) is 24.9 Å². The number of rotatable bonds is 4. The molecule has 0 amide bonds. The fourth-order valence-corrected chi connectivity index (χ4v) is 1.41. The fourth-order valence-electron chi connectivity index (χ4n) is 1.41. The largest absolute Gasteiger partial charge is 0.496 e. The number of benzene rings is 1. The van der Waals surface area contributed by atoms with E-state index in [1.54, 1.807) is 13.2 Å². The lowest BCUT2D eigenvalue weighted by molar-refractivity contribution is 0.396. The molecule has 3 nitrogen and oxygen atoms in total. The average Bonchev–Trinajstić information content (AvgIpc) is 2.20. The van der Waals surface area contributed by atoms with Crippen molar-refractivity contribution in [2.45, 2.75) is 19.4 Å². The number of nitrogens with two attached hydrogens (primary N) is 1. The Morgan fingerprint density at radius 3 is 2.79 bits per heavy atom. The minimum Gasteiger partial charge on any atom is -0.496 e. The molecule has 0 aromatic heterocycles. The third-order valence-electron chi connectivity index (χ3n) is 2.18. The molecule has 0 saturated heterocycles. The number of hydrogen-bond acceptors (Lipinski definition) is 3. The van der Waals surface area contributed by atoms with Crippen LogP contribution in [-0.2, 0) is 0 Å². The first-order chi connectivity index (χ1) is 6.72. The van der Waals surface area contributed by atoms with E-state index in [1.165, 1.54) is 12.1 Å². The van der Waals surface area contributed by atoms with Crippen LogP contribution in [0.5, 0.6) is 5.75 Å². The van der Waals surface area contributed by atoms with Crippen LogP contribution in [0.4, 0.5) is 4.39 Å². The summed E-state index contributed by atoms with van der Waals surface area (Å²) in [5.74, 6) is 5.73. The Labute approximate surface area is 83.0 Å². The van der Waals surface area contributed by atoms with E-state index < -0.39 is 0 Å². The Morgan fingerprint density at radius 1 is 1.57 bits per heavy atom. The highest BCUT2D eigenvalue weighted by molar-refractivity contribution is 5.36. The minimum absolute atomic E-state index is 0.0827. The lowest BCUT2D eigenvalue weighted by Gasteiger charge is -2.17. The summed E-state index contributed by atoms with van der Waals surface area (Å²) in [6.45, 7) is 1.97. The highest BCUT2D eigenvalue weighted by Gasteiger charge is 2.13. The van der Waals surface area contributed by atoms with Crippen molar-refractivity contribution >= 4 is 0 Å². The lowest BCUT2D eigenvalue weighted by Crippen LogP contribution is -2.27. The van der Waals surface area contributed by atoms with Crippen LogP contribution in [0.3, 0.4) is 0 Å². The van der Waals surface area contributed by atoms with Crippen molar-refractivity contribution in [1.82, 2.24) is 5.43 Å². The standard InChI is InChI=1S/C10H15FN2O/c1-3-9(13-12)8-6-7(11)4-5-10(8)14-2/h4-6,9,13H,3,12H2,1-2H3. The lowest BCUT2D eigenvalue weighted by atomic mass is 10.0. The van der Waals surface area contributed by atoms with Crippen molar-refractivity contribution in [3.05, 3.63) is 29.6 Å². The summed E-state index contributed by atoms with van der Waals surface area (Å²) in [6, 6.07) is 4.32. The topological polar surface area (TPSA) is 47.3 Å². The highest BCUT2D eigenvalue weighted by Crippen LogP contribution is 2.27. The molecule has 1 rings (SSSR count). The molecule has 0 fully saturated rings. The number of nitrogens with one attached hydrogen (secondary N) is 1. The molecule has 3 N–H and O–H groups in total. The van der Waals surface area contributed by atoms with Gasteiger partial charge in [0.1, 0.15) is 11.6 Å². The van der Waals surface area contributed by atoms with Crippen LogP contribution in [0.15, 0.2) is 18.2 Å². The van der Waals surface area contributed by atoms with Gasteiger partial charge in [-0.05, 0) is 24.6 Å². The monoisotopic (exact) mass is 198 g/mol. The van der Waals surface area contributed by atoms with E-state index in [-0.39, 0.29) is 11.9 Å². The predicted octanol–water partition coefficient (Wildman–Crippen LogP) is 1.75. The fraction of sp³-hybridized carbons (Fsp3) is 0.400. The molecule has 4 heteroatoms. The quantitative estimate of drug-likeness (QED) is 0.572. The van der Waals surface area contributed by atoms with Gasteiger partial charge in [-0.25, -0.2) is 4.39 Å². The maximum atomic E-state index is 13.0. The Morgan fingerprint density at radius 2 is 2.29 bits per heavy atom. The highest BCUT2D eigenvalue weighted by atomic mass is 19.1. The molecule has 78 valence electrons. The summed E-state index contributed by atoms with van der Waals surface area (Å²) >= 11 is 0. The summed E-state index contributed by atoms with van der Waals surface area (Å²) in [4.78, 5) is 0. The predicted molar refractivity (Wildman–Crippen MR) is 53.3 cm³/mol. The third-order valence-corrected chi connectivity index (χ3v) is 2.18. The van der Waals surface area contributed by atoms with Crippen molar-refractivity contribution in [3.8, 4) is 5.75 Å². The van der Waals surface area contributed by atoms with Gasteiger partial charge in [0.15, 0.2) is 0 Å². The molecule has 0 aliphatic rings. The minimum atomic E-state index is -0.283. The van der Waals surface area contributed by atoms with Crippen LogP contribution < -0.4 is 16.0 Å². The van der Waals surface area contributed by atoms with Gasteiger partial charge in [-0.15, -0.1) is 0 Å². The number of methoxy groups -OCH3 is 1. The zero-order chi connectivity index (χ0) is 10.6. The van der Waals surface area contributed by atoms with Crippen molar-refractivity contribution in [2.75, 3.05) is 7.11 Å². The van der Waals surface area contributed by atoms with Gasteiger partial charge in [0.05, 0.1) is 7.11 Å². The molecule has 1 aromatic rings. The maximum absolute atomic E-state index is 13.0. The van der Waals surface area contributed by atoms with E-state index in [1.807, 2.05) is 6.92 Å². The number of halogens is 1. The van der Waals surface area contributed by atoms with E-state index in [4.69, 9.17) is 10.6 Å². The van der Waals surface area contributed by atoms with Crippen molar-refractivity contribution in [3.63, 3.8) is 0 Å². The first-order valence-electron chi connectivity index (χ1n) is 4.52. The molecule has 0 aliphatic heterocycles. The Bertz CT molecular complexity index is 300. The van der Waals surface area contributed by atoms with Gasteiger partial charge >= 0.3 is 0 Å². The SMILES string of the molecule is CCC(NN)c1cc(F)ccc1OC.